The molecule has 4 nitrogen and oxygen atoms in total. The summed E-state index contributed by atoms with van der Waals surface area (Å²) in [6.07, 6.45) is 5.25. The van der Waals surface area contributed by atoms with Crippen LogP contribution in [0.25, 0.3) is 10.8 Å². The molecule has 0 radical (unpaired) electrons. The zero-order valence-corrected chi connectivity index (χ0v) is 14.9. The highest BCUT2D eigenvalue weighted by atomic mass is 16.5. The van der Waals surface area contributed by atoms with E-state index in [1.54, 1.807) is 6.07 Å². The Hall–Kier alpha value is -2.36. The molecule has 2 aromatic carbocycles. The van der Waals surface area contributed by atoms with Crippen molar-refractivity contribution in [3.05, 3.63) is 42.0 Å². The highest BCUT2D eigenvalue weighted by Gasteiger charge is 2.25. The number of amides is 1. The van der Waals surface area contributed by atoms with Gasteiger partial charge in [-0.25, -0.2) is 0 Å². The second kappa shape index (κ2) is 7.68. The lowest BCUT2D eigenvalue weighted by molar-refractivity contribution is -0.134. The average Bonchev–Trinajstić information content (AvgIpc) is 2.65. The third kappa shape index (κ3) is 3.84. The number of carbonyl (C=O) groups excluding carboxylic acids is 2. The number of aldehydes is 1. The second-order valence-corrected chi connectivity index (χ2v) is 7.02. The Bertz CT molecular complexity index is 763. The van der Waals surface area contributed by atoms with Gasteiger partial charge in [-0.1, -0.05) is 37.3 Å². The molecule has 1 amide bonds. The molecule has 1 aliphatic rings. The van der Waals surface area contributed by atoms with Gasteiger partial charge in [0.1, 0.15) is 5.75 Å². The lowest BCUT2D eigenvalue weighted by atomic mass is 9.87. The molecule has 2 aromatic rings. The van der Waals surface area contributed by atoms with Crippen molar-refractivity contribution in [1.29, 1.82) is 0 Å². The molecule has 0 aliphatic heterocycles. The Morgan fingerprint density at radius 3 is 2.60 bits per heavy atom. The fourth-order valence-corrected chi connectivity index (χ4v) is 3.60. The highest BCUT2D eigenvalue weighted by Crippen LogP contribution is 2.28. The fourth-order valence-electron chi connectivity index (χ4n) is 3.60. The fraction of sp³-hybridized carbons (Fsp3) is 0.429. The summed E-state index contributed by atoms with van der Waals surface area (Å²) in [4.78, 5) is 25.8. The summed E-state index contributed by atoms with van der Waals surface area (Å²) in [5, 5.41) is 1.83. The molecule has 0 heterocycles. The van der Waals surface area contributed by atoms with E-state index in [1.807, 2.05) is 42.3 Å². The SMILES string of the molecule is CC1CCC(N(C)C(=O)COc2ccc3ccccc3c2C=O)CC1. The molecule has 0 spiro atoms. The van der Waals surface area contributed by atoms with Gasteiger partial charge < -0.3 is 9.64 Å². The van der Waals surface area contributed by atoms with Gasteiger partial charge in [0.15, 0.2) is 12.9 Å². The Morgan fingerprint density at radius 1 is 1.16 bits per heavy atom. The lowest BCUT2D eigenvalue weighted by Crippen LogP contribution is -2.41. The van der Waals surface area contributed by atoms with Crippen LogP contribution in [0, 0.1) is 5.92 Å². The largest absolute Gasteiger partial charge is 0.483 e. The van der Waals surface area contributed by atoms with Crippen LogP contribution in [0.3, 0.4) is 0 Å². The van der Waals surface area contributed by atoms with Gasteiger partial charge in [-0.3, -0.25) is 9.59 Å². The average molecular weight is 339 g/mol. The third-order valence-electron chi connectivity index (χ3n) is 5.33. The molecular weight excluding hydrogens is 314 g/mol. The summed E-state index contributed by atoms with van der Waals surface area (Å²) in [5.74, 6) is 1.18. The summed E-state index contributed by atoms with van der Waals surface area (Å²) >= 11 is 0. The van der Waals surface area contributed by atoms with Crippen LogP contribution in [0.5, 0.6) is 5.75 Å². The summed E-state index contributed by atoms with van der Waals surface area (Å²) in [5.41, 5.74) is 0.500. The van der Waals surface area contributed by atoms with Crippen molar-refractivity contribution in [1.82, 2.24) is 4.90 Å². The van der Waals surface area contributed by atoms with Crippen LogP contribution >= 0.6 is 0 Å². The van der Waals surface area contributed by atoms with Crippen molar-refractivity contribution in [3.63, 3.8) is 0 Å². The number of rotatable bonds is 5. The van der Waals surface area contributed by atoms with Crippen molar-refractivity contribution < 1.29 is 14.3 Å². The molecule has 4 heteroatoms. The van der Waals surface area contributed by atoms with Crippen molar-refractivity contribution in [2.75, 3.05) is 13.7 Å². The molecule has 1 aliphatic carbocycles. The van der Waals surface area contributed by atoms with Gasteiger partial charge in [-0.2, -0.15) is 0 Å². The monoisotopic (exact) mass is 339 g/mol. The number of carbonyl (C=O) groups is 2. The van der Waals surface area contributed by atoms with Gasteiger partial charge >= 0.3 is 0 Å². The van der Waals surface area contributed by atoms with Crippen molar-refractivity contribution in [2.45, 2.75) is 38.6 Å². The van der Waals surface area contributed by atoms with Crippen LogP contribution in [-0.2, 0) is 4.79 Å². The maximum atomic E-state index is 12.5. The third-order valence-corrected chi connectivity index (χ3v) is 5.33. The first kappa shape index (κ1) is 17.5. The van der Waals surface area contributed by atoms with Crippen LogP contribution in [-0.4, -0.2) is 36.8 Å². The van der Waals surface area contributed by atoms with E-state index in [1.165, 1.54) is 12.8 Å². The minimum Gasteiger partial charge on any atom is -0.483 e. The minimum atomic E-state index is -0.0399. The minimum absolute atomic E-state index is 0.0374. The predicted molar refractivity (Wildman–Crippen MR) is 99.0 cm³/mol. The lowest BCUT2D eigenvalue weighted by Gasteiger charge is -2.33. The van der Waals surface area contributed by atoms with E-state index >= 15 is 0 Å². The molecule has 25 heavy (non-hydrogen) atoms. The second-order valence-electron chi connectivity index (χ2n) is 7.02. The Kier molecular flexibility index (Phi) is 5.37. The maximum absolute atomic E-state index is 12.5. The van der Waals surface area contributed by atoms with E-state index in [0.29, 0.717) is 17.4 Å². The molecule has 0 unspecified atom stereocenters. The number of likely N-dealkylation sites (N-methyl/N-ethyl adjacent to an activating group) is 1. The predicted octanol–water partition coefficient (Wildman–Crippen LogP) is 4.07. The number of hydrogen-bond donors (Lipinski definition) is 0. The number of benzene rings is 2. The van der Waals surface area contributed by atoms with Gasteiger partial charge in [0.05, 0.1) is 5.56 Å². The summed E-state index contributed by atoms with van der Waals surface area (Å²) < 4.78 is 5.71. The topological polar surface area (TPSA) is 46.6 Å². The van der Waals surface area contributed by atoms with Crippen LogP contribution in [0.2, 0.25) is 0 Å². The molecular formula is C21H25NO3. The Labute approximate surface area is 148 Å². The van der Waals surface area contributed by atoms with Crippen molar-refractivity contribution in [3.8, 4) is 5.75 Å². The zero-order chi connectivity index (χ0) is 17.8. The molecule has 3 rings (SSSR count). The Balaban J connectivity index is 1.67. The summed E-state index contributed by atoms with van der Waals surface area (Å²) in [6, 6.07) is 11.6. The van der Waals surface area contributed by atoms with Gasteiger partial charge in [-0.05, 0) is 48.4 Å². The van der Waals surface area contributed by atoms with E-state index in [-0.39, 0.29) is 12.5 Å². The number of hydrogen-bond acceptors (Lipinski definition) is 3. The van der Waals surface area contributed by atoms with Gasteiger partial charge in [0.25, 0.3) is 5.91 Å². The zero-order valence-electron chi connectivity index (χ0n) is 14.9. The number of ether oxygens (including phenoxy) is 1. The maximum Gasteiger partial charge on any atom is 0.260 e. The molecule has 1 saturated carbocycles. The van der Waals surface area contributed by atoms with Crippen LogP contribution < -0.4 is 4.74 Å². The Morgan fingerprint density at radius 2 is 1.88 bits per heavy atom. The van der Waals surface area contributed by atoms with Crippen LogP contribution in [0.15, 0.2) is 36.4 Å². The van der Waals surface area contributed by atoms with Crippen LogP contribution in [0.4, 0.5) is 0 Å². The molecule has 0 aromatic heterocycles. The normalized spacial score (nSPS) is 20.2. The standard InChI is InChI=1S/C21H25NO3/c1-15-7-10-17(11-8-15)22(2)21(24)14-25-20-12-9-16-5-3-4-6-18(16)19(20)13-23/h3-6,9,12-13,15,17H,7-8,10-11,14H2,1-2H3. The van der Waals surface area contributed by atoms with E-state index in [9.17, 15) is 9.59 Å². The van der Waals surface area contributed by atoms with Gasteiger partial charge in [0.2, 0.25) is 0 Å². The van der Waals surface area contributed by atoms with Crippen LogP contribution in [0.1, 0.15) is 43.0 Å². The van der Waals surface area contributed by atoms with E-state index in [2.05, 4.69) is 6.92 Å². The summed E-state index contributed by atoms with van der Waals surface area (Å²) in [7, 11) is 1.85. The van der Waals surface area contributed by atoms with Crippen molar-refractivity contribution >= 4 is 23.0 Å². The molecule has 1 fully saturated rings. The highest BCUT2D eigenvalue weighted by molar-refractivity contribution is 6.00. The molecule has 132 valence electrons. The van der Waals surface area contributed by atoms with E-state index in [4.69, 9.17) is 4.74 Å². The van der Waals surface area contributed by atoms with Crippen molar-refractivity contribution in [2.24, 2.45) is 5.92 Å². The number of nitrogens with zero attached hydrogens (tertiary/aromatic N) is 1. The first-order valence-corrected chi connectivity index (χ1v) is 8.95. The van der Waals surface area contributed by atoms with E-state index < -0.39 is 0 Å². The first-order valence-electron chi connectivity index (χ1n) is 8.95. The summed E-state index contributed by atoms with van der Waals surface area (Å²) in [6.45, 7) is 2.23. The van der Waals surface area contributed by atoms with E-state index in [0.717, 1.165) is 35.8 Å². The first-order chi connectivity index (χ1) is 12.1. The van der Waals surface area contributed by atoms with Gasteiger partial charge in [0, 0.05) is 13.1 Å². The molecule has 0 atom stereocenters. The smallest absolute Gasteiger partial charge is 0.260 e. The molecule has 0 saturated heterocycles. The quantitative estimate of drug-likeness (QED) is 0.772. The molecule has 0 N–H and O–H groups in total. The number of fused-ring (bicyclic) bond motifs is 1. The van der Waals surface area contributed by atoms with Gasteiger partial charge in [-0.15, -0.1) is 0 Å². The molecule has 0 bridgehead atoms.